The molecule has 3 aromatic carbocycles. The van der Waals surface area contributed by atoms with E-state index in [1.807, 2.05) is 91.0 Å². The van der Waals surface area contributed by atoms with E-state index >= 15 is 0 Å². The summed E-state index contributed by atoms with van der Waals surface area (Å²) >= 11 is 0. The van der Waals surface area contributed by atoms with Crippen molar-refractivity contribution in [2.75, 3.05) is 52.2 Å². The third-order valence-electron chi connectivity index (χ3n) is 7.00. The van der Waals surface area contributed by atoms with Gasteiger partial charge in [-0.3, -0.25) is 14.5 Å². The fraction of sp³-hybridized carbons (Fsp3) is 0.355. The normalized spacial score (nSPS) is 14.9. The minimum Gasteiger partial charge on any atom is -0.379 e. The lowest BCUT2D eigenvalue weighted by Crippen LogP contribution is -2.49. The molecular weight excluding hydrogens is 540 g/mol. The molecule has 0 saturated carbocycles. The number of hydrogen-bond donors (Lipinski definition) is 1. The summed E-state index contributed by atoms with van der Waals surface area (Å²) < 4.78 is 32.1. The molecule has 4 rings (SSSR count). The lowest BCUT2D eigenvalue weighted by Gasteiger charge is -2.33. The summed E-state index contributed by atoms with van der Waals surface area (Å²) in [6.07, 6.45) is 1.10. The Labute approximate surface area is 242 Å². The molecule has 10 heteroatoms. The lowest BCUT2D eigenvalue weighted by atomic mass is 10.0. The number of morpholine rings is 1. The van der Waals surface area contributed by atoms with Gasteiger partial charge in [0, 0.05) is 39.3 Å². The van der Waals surface area contributed by atoms with E-state index in [-0.39, 0.29) is 19.0 Å². The molecule has 1 saturated heterocycles. The zero-order valence-corrected chi connectivity index (χ0v) is 24.2. The van der Waals surface area contributed by atoms with Crippen LogP contribution in [0.15, 0.2) is 91.0 Å². The number of nitrogens with zero attached hydrogens (tertiary/aromatic N) is 3. The molecule has 1 aliphatic rings. The maximum Gasteiger partial charge on any atom is 0.247 e. The van der Waals surface area contributed by atoms with E-state index < -0.39 is 28.5 Å². The van der Waals surface area contributed by atoms with Crippen LogP contribution in [0.1, 0.15) is 22.7 Å². The predicted molar refractivity (Wildman–Crippen MR) is 158 cm³/mol. The second-order valence-electron chi connectivity index (χ2n) is 10.1. The van der Waals surface area contributed by atoms with Crippen molar-refractivity contribution in [3.63, 3.8) is 0 Å². The molecule has 3 aromatic rings. The van der Waals surface area contributed by atoms with Gasteiger partial charge < -0.3 is 15.0 Å². The zero-order chi connectivity index (χ0) is 29.1. The van der Waals surface area contributed by atoms with Gasteiger partial charge in [-0.1, -0.05) is 91.0 Å². The molecule has 9 nitrogen and oxygen atoms in total. The highest BCUT2D eigenvalue weighted by molar-refractivity contribution is 7.88. The first-order valence-electron chi connectivity index (χ1n) is 13.8. The summed E-state index contributed by atoms with van der Waals surface area (Å²) in [7, 11) is -3.73. The summed E-state index contributed by atoms with van der Waals surface area (Å²) in [5, 5.41) is 3.03. The smallest absolute Gasteiger partial charge is 0.247 e. The molecule has 1 atom stereocenters. The number of carbonyl (C=O) groups is 2. The van der Waals surface area contributed by atoms with Crippen molar-refractivity contribution in [1.82, 2.24) is 19.4 Å². The largest absolute Gasteiger partial charge is 0.379 e. The van der Waals surface area contributed by atoms with Crippen molar-refractivity contribution in [3.05, 3.63) is 108 Å². The van der Waals surface area contributed by atoms with Crippen LogP contribution in [-0.4, -0.2) is 86.5 Å². The van der Waals surface area contributed by atoms with Gasteiger partial charge >= 0.3 is 0 Å². The van der Waals surface area contributed by atoms with E-state index in [1.165, 1.54) is 4.90 Å². The number of amides is 2. The third-order valence-corrected chi connectivity index (χ3v) is 8.20. The van der Waals surface area contributed by atoms with Crippen LogP contribution in [0.25, 0.3) is 0 Å². The Bertz CT molecular complexity index is 1350. The molecule has 218 valence electrons. The Hall–Kier alpha value is -3.57. The number of rotatable bonds is 13. The van der Waals surface area contributed by atoms with Gasteiger partial charge in [-0.05, 0) is 16.7 Å². The Morgan fingerprint density at radius 3 is 1.95 bits per heavy atom. The fourth-order valence-electron chi connectivity index (χ4n) is 4.79. The minimum absolute atomic E-state index is 0.0480. The Morgan fingerprint density at radius 1 is 0.854 bits per heavy atom. The highest BCUT2D eigenvalue weighted by atomic mass is 32.2. The van der Waals surface area contributed by atoms with E-state index in [1.54, 1.807) is 0 Å². The van der Waals surface area contributed by atoms with Crippen LogP contribution in [0, 0.1) is 0 Å². The van der Waals surface area contributed by atoms with Crippen LogP contribution in [-0.2, 0) is 37.4 Å². The maximum absolute atomic E-state index is 14.1. The van der Waals surface area contributed by atoms with Gasteiger partial charge in [-0.15, -0.1) is 0 Å². The Kier molecular flexibility index (Phi) is 11.0. The van der Waals surface area contributed by atoms with Gasteiger partial charge in [0.2, 0.25) is 21.8 Å². The summed E-state index contributed by atoms with van der Waals surface area (Å²) in [5.74, 6) is -0.782. The first kappa shape index (κ1) is 30.4. The monoisotopic (exact) mass is 578 g/mol. The van der Waals surface area contributed by atoms with Crippen LogP contribution in [0.5, 0.6) is 0 Å². The maximum atomic E-state index is 14.1. The van der Waals surface area contributed by atoms with Crippen molar-refractivity contribution >= 4 is 21.8 Å². The average molecular weight is 579 g/mol. The van der Waals surface area contributed by atoms with Crippen LogP contribution < -0.4 is 5.32 Å². The first-order chi connectivity index (χ1) is 19.8. The summed E-state index contributed by atoms with van der Waals surface area (Å²) in [6, 6.07) is 26.7. The van der Waals surface area contributed by atoms with E-state index in [4.69, 9.17) is 4.74 Å². The second kappa shape index (κ2) is 14.9. The number of ether oxygens (including phenoxy) is 1. The van der Waals surface area contributed by atoms with Crippen LogP contribution in [0.2, 0.25) is 0 Å². The van der Waals surface area contributed by atoms with Gasteiger partial charge in [0.05, 0.1) is 26.0 Å². The van der Waals surface area contributed by atoms with Crippen molar-refractivity contribution in [3.8, 4) is 0 Å². The SMILES string of the molecule is CS(=O)(=O)N(CC(=O)N(Cc1ccccc1)[C@H](C(=O)NCCN1CCOCC1)c1ccccc1)Cc1ccccc1. The Balaban J connectivity index is 1.61. The highest BCUT2D eigenvalue weighted by Gasteiger charge is 2.33. The van der Waals surface area contributed by atoms with Crippen LogP contribution >= 0.6 is 0 Å². The fourth-order valence-corrected chi connectivity index (χ4v) is 5.52. The molecule has 0 spiro atoms. The predicted octanol–water partition coefficient (Wildman–Crippen LogP) is 2.67. The number of sulfonamides is 1. The molecule has 0 aliphatic carbocycles. The van der Waals surface area contributed by atoms with E-state index in [9.17, 15) is 18.0 Å². The highest BCUT2D eigenvalue weighted by Crippen LogP contribution is 2.25. The molecule has 0 unspecified atom stereocenters. The molecule has 1 N–H and O–H groups in total. The molecule has 1 aliphatic heterocycles. The molecule has 1 heterocycles. The van der Waals surface area contributed by atoms with E-state index in [2.05, 4.69) is 10.2 Å². The number of benzene rings is 3. The summed E-state index contributed by atoms with van der Waals surface area (Å²) in [4.78, 5) is 31.6. The van der Waals surface area contributed by atoms with Gasteiger partial charge in [-0.25, -0.2) is 8.42 Å². The lowest BCUT2D eigenvalue weighted by molar-refractivity contribution is -0.141. The molecule has 41 heavy (non-hydrogen) atoms. The molecule has 0 bridgehead atoms. The average Bonchev–Trinajstić information content (AvgIpc) is 2.98. The van der Waals surface area contributed by atoms with Gasteiger partial charge in [0.1, 0.15) is 6.04 Å². The van der Waals surface area contributed by atoms with E-state index in [0.29, 0.717) is 31.9 Å². The Morgan fingerprint density at radius 2 is 1.39 bits per heavy atom. The number of carbonyl (C=O) groups excluding carboxylic acids is 2. The van der Waals surface area contributed by atoms with Gasteiger partial charge in [0.25, 0.3) is 0 Å². The summed E-state index contributed by atoms with van der Waals surface area (Å²) in [6.45, 7) is 3.82. The van der Waals surface area contributed by atoms with Crippen molar-refractivity contribution in [2.45, 2.75) is 19.1 Å². The molecule has 2 amide bonds. The van der Waals surface area contributed by atoms with Crippen LogP contribution in [0.4, 0.5) is 0 Å². The van der Waals surface area contributed by atoms with E-state index in [0.717, 1.165) is 34.8 Å². The van der Waals surface area contributed by atoms with Crippen molar-refractivity contribution in [2.24, 2.45) is 0 Å². The quantitative estimate of drug-likeness (QED) is 0.335. The molecular formula is C31H38N4O5S. The minimum atomic E-state index is -3.73. The number of nitrogens with one attached hydrogen (secondary N) is 1. The van der Waals surface area contributed by atoms with Gasteiger partial charge in [0.15, 0.2) is 0 Å². The molecule has 1 fully saturated rings. The third kappa shape index (κ3) is 9.22. The molecule has 0 radical (unpaired) electrons. The first-order valence-corrected chi connectivity index (χ1v) is 15.6. The van der Waals surface area contributed by atoms with Gasteiger partial charge in [-0.2, -0.15) is 4.31 Å². The topological polar surface area (TPSA) is 99.3 Å². The standard InChI is InChI=1S/C31H38N4O5S/c1-41(38,39)34(23-26-11-5-2-6-12-26)25-29(36)35(24-27-13-7-3-8-14-27)30(28-15-9-4-10-16-28)31(37)32-17-18-33-19-21-40-22-20-33/h2-16,30H,17-25H2,1H3,(H,32,37)/t30-/m0/s1. The number of hydrogen-bond acceptors (Lipinski definition) is 6. The second-order valence-corrected chi connectivity index (χ2v) is 12.1. The summed E-state index contributed by atoms with van der Waals surface area (Å²) in [5.41, 5.74) is 2.24. The van der Waals surface area contributed by atoms with Crippen LogP contribution in [0.3, 0.4) is 0 Å². The molecule has 0 aromatic heterocycles. The zero-order valence-electron chi connectivity index (χ0n) is 23.4. The van der Waals surface area contributed by atoms with Crippen molar-refractivity contribution in [1.29, 1.82) is 0 Å². The van der Waals surface area contributed by atoms with Crippen molar-refractivity contribution < 1.29 is 22.7 Å².